The molecule has 5 aromatic rings. The highest BCUT2D eigenvalue weighted by atomic mass is 32.1. The molecule has 5 rings (SSSR count). The molecule has 28 heavy (non-hydrogen) atoms. The van der Waals surface area contributed by atoms with Crippen LogP contribution >= 0.6 is 11.3 Å². The largest absolute Gasteiger partial charge is 0.484 e. The maximum absolute atomic E-state index is 6.57. The van der Waals surface area contributed by atoms with Crippen LogP contribution in [0.15, 0.2) is 96.6 Å². The Kier molecular flexibility index (Phi) is 4.59. The van der Waals surface area contributed by atoms with Crippen LogP contribution in [-0.2, 0) is 6.54 Å². The van der Waals surface area contributed by atoms with Crippen molar-refractivity contribution in [3.05, 3.63) is 102 Å². The van der Waals surface area contributed by atoms with Gasteiger partial charge in [0.05, 0.1) is 0 Å². The van der Waals surface area contributed by atoms with E-state index in [-0.39, 0.29) is 6.10 Å². The van der Waals surface area contributed by atoms with Crippen molar-refractivity contribution < 1.29 is 4.74 Å². The summed E-state index contributed by atoms with van der Waals surface area (Å²) in [5, 5.41) is 7.06. The molecule has 2 nitrogen and oxygen atoms in total. The zero-order chi connectivity index (χ0) is 18.8. The Labute approximate surface area is 168 Å². The second kappa shape index (κ2) is 7.53. The van der Waals surface area contributed by atoms with Gasteiger partial charge in [0.25, 0.3) is 0 Å². The van der Waals surface area contributed by atoms with Crippen molar-refractivity contribution in [2.24, 2.45) is 0 Å². The van der Waals surface area contributed by atoms with Crippen LogP contribution < -0.4 is 4.74 Å². The minimum absolute atomic E-state index is 0.0383. The van der Waals surface area contributed by atoms with E-state index in [0.29, 0.717) is 0 Å². The minimum Gasteiger partial charge on any atom is -0.484 e. The average Bonchev–Trinajstić information content (AvgIpc) is 3.41. The lowest BCUT2D eigenvalue weighted by molar-refractivity contribution is 0.194. The number of aromatic nitrogens is 1. The first-order chi connectivity index (χ1) is 13.9. The maximum Gasteiger partial charge on any atom is 0.135 e. The van der Waals surface area contributed by atoms with Crippen LogP contribution in [0, 0.1) is 0 Å². The molecule has 0 spiro atoms. The number of hydrogen-bond acceptors (Lipinski definition) is 2. The summed E-state index contributed by atoms with van der Waals surface area (Å²) in [5.74, 6) is 0.953. The average molecular weight is 384 g/mol. The molecule has 2 heterocycles. The van der Waals surface area contributed by atoms with Gasteiger partial charge in [0.15, 0.2) is 0 Å². The molecular weight excluding hydrogens is 362 g/mol. The Balaban J connectivity index is 1.41. The minimum atomic E-state index is 0.0383. The smallest absolute Gasteiger partial charge is 0.135 e. The normalized spacial score (nSPS) is 12.4. The van der Waals surface area contributed by atoms with Crippen molar-refractivity contribution in [1.29, 1.82) is 0 Å². The van der Waals surface area contributed by atoms with E-state index in [0.717, 1.165) is 18.7 Å². The van der Waals surface area contributed by atoms with Crippen molar-refractivity contribution in [1.82, 2.24) is 4.57 Å². The van der Waals surface area contributed by atoms with E-state index < -0.39 is 0 Å². The van der Waals surface area contributed by atoms with Gasteiger partial charge in [-0.15, -0.1) is 11.3 Å². The second-order valence-corrected chi connectivity index (χ2v) is 7.99. The number of benzene rings is 3. The second-order valence-electron chi connectivity index (χ2n) is 7.01. The summed E-state index contributed by atoms with van der Waals surface area (Å²) in [7, 11) is 0. The summed E-state index contributed by atoms with van der Waals surface area (Å²) in [5.41, 5.74) is 0. The fourth-order valence-electron chi connectivity index (χ4n) is 3.72. The zero-order valence-corrected chi connectivity index (χ0v) is 16.3. The van der Waals surface area contributed by atoms with Gasteiger partial charge in [0.1, 0.15) is 11.9 Å². The first-order valence-electron chi connectivity index (χ1n) is 9.59. The molecule has 0 bridgehead atoms. The number of nitrogens with zero attached hydrogens (tertiary/aromatic N) is 1. The molecule has 3 heteroatoms. The van der Waals surface area contributed by atoms with Gasteiger partial charge in [-0.3, -0.25) is 0 Å². The first-order valence-corrected chi connectivity index (χ1v) is 10.5. The summed E-state index contributed by atoms with van der Waals surface area (Å²) in [6, 6.07) is 27.5. The Hall–Kier alpha value is -3.04. The summed E-state index contributed by atoms with van der Waals surface area (Å²) in [4.78, 5) is 1.27. The Morgan fingerprint density at radius 3 is 2.21 bits per heavy atom. The number of aryl methyl sites for hydroxylation is 1. The van der Waals surface area contributed by atoms with Crippen molar-refractivity contribution >= 4 is 32.9 Å². The third-order valence-corrected chi connectivity index (χ3v) is 6.10. The molecule has 0 amide bonds. The fraction of sp³-hybridized carbons (Fsp3) is 0.120. The molecule has 0 aliphatic rings. The predicted octanol–water partition coefficient (Wildman–Crippen LogP) is 7.07. The van der Waals surface area contributed by atoms with Gasteiger partial charge < -0.3 is 9.30 Å². The number of ether oxygens (including phenoxy) is 1. The van der Waals surface area contributed by atoms with Gasteiger partial charge >= 0.3 is 0 Å². The molecule has 0 radical (unpaired) electrons. The Bertz CT molecular complexity index is 1170. The van der Waals surface area contributed by atoms with Gasteiger partial charge in [-0.05, 0) is 33.7 Å². The number of hydrogen-bond donors (Lipinski definition) is 0. The Morgan fingerprint density at radius 2 is 1.46 bits per heavy atom. The van der Waals surface area contributed by atoms with Crippen LogP contribution in [-0.4, -0.2) is 4.57 Å². The van der Waals surface area contributed by atoms with Crippen LogP contribution in [0.25, 0.3) is 21.5 Å². The lowest BCUT2D eigenvalue weighted by atomic mass is 10.1. The monoisotopic (exact) mass is 383 g/mol. The quantitative estimate of drug-likeness (QED) is 0.306. The summed E-state index contributed by atoms with van der Waals surface area (Å²) in [6.45, 7) is 0.919. The van der Waals surface area contributed by atoms with E-state index >= 15 is 0 Å². The summed E-state index contributed by atoms with van der Waals surface area (Å²) >= 11 is 1.76. The van der Waals surface area contributed by atoms with E-state index in [1.54, 1.807) is 11.3 Å². The number of rotatable bonds is 6. The summed E-state index contributed by atoms with van der Waals surface area (Å²) in [6.07, 6.45) is 5.40. The highest BCUT2D eigenvalue weighted by molar-refractivity contribution is 7.10. The van der Waals surface area contributed by atoms with Crippen molar-refractivity contribution in [2.45, 2.75) is 19.1 Å². The van der Waals surface area contributed by atoms with Crippen LogP contribution in [0.2, 0.25) is 0 Å². The molecule has 0 N–H and O–H groups in total. The molecule has 0 saturated heterocycles. The molecule has 2 aromatic heterocycles. The van der Waals surface area contributed by atoms with Crippen LogP contribution in [0.4, 0.5) is 0 Å². The molecule has 0 saturated carbocycles. The topological polar surface area (TPSA) is 14.2 Å². The van der Waals surface area contributed by atoms with E-state index in [4.69, 9.17) is 4.74 Å². The van der Waals surface area contributed by atoms with Gasteiger partial charge in [0, 0.05) is 35.6 Å². The van der Waals surface area contributed by atoms with E-state index in [9.17, 15) is 0 Å². The van der Waals surface area contributed by atoms with Crippen molar-refractivity contribution in [3.8, 4) is 5.75 Å². The van der Waals surface area contributed by atoms with Gasteiger partial charge in [-0.25, -0.2) is 0 Å². The number of thiophene rings is 1. The standard InChI is InChI=1S/C25H21NOS/c1-2-9-21-18-26(17-20(21)8-1)15-14-24(25-13-6-16-28-25)27-23-12-5-10-19-7-3-4-11-22(19)23/h1-13,16-18,24H,14-15H2. The van der Waals surface area contributed by atoms with E-state index in [1.165, 1.54) is 26.4 Å². The van der Waals surface area contributed by atoms with Crippen molar-refractivity contribution in [2.75, 3.05) is 0 Å². The highest BCUT2D eigenvalue weighted by Crippen LogP contribution is 2.33. The highest BCUT2D eigenvalue weighted by Gasteiger charge is 2.16. The fourth-order valence-corrected chi connectivity index (χ4v) is 4.51. The molecule has 0 aliphatic heterocycles. The molecular formula is C25H21NOS. The lowest BCUT2D eigenvalue weighted by Gasteiger charge is -2.20. The van der Waals surface area contributed by atoms with E-state index in [2.05, 4.69) is 101 Å². The SMILES string of the molecule is c1csc(C(CCn2cc3ccccc3c2)Oc2cccc3ccccc23)c1. The lowest BCUT2D eigenvalue weighted by Crippen LogP contribution is -2.10. The van der Waals surface area contributed by atoms with Crippen LogP contribution in [0.1, 0.15) is 17.4 Å². The first kappa shape index (κ1) is 17.1. The Morgan fingerprint density at radius 1 is 0.750 bits per heavy atom. The van der Waals surface area contributed by atoms with Gasteiger partial charge in [-0.1, -0.05) is 66.7 Å². The van der Waals surface area contributed by atoms with Crippen molar-refractivity contribution in [3.63, 3.8) is 0 Å². The molecule has 1 unspecified atom stereocenters. The van der Waals surface area contributed by atoms with Gasteiger partial charge in [0.2, 0.25) is 0 Å². The molecule has 138 valence electrons. The number of fused-ring (bicyclic) bond motifs is 2. The zero-order valence-electron chi connectivity index (χ0n) is 15.5. The van der Waals surface area contributed by atoms with Gasteiger partial charge in [-0.2, -0.15) is 0 Å². The molecule has 0 aliphatic carbocycles. The third-order valence-electron chi connectivity index (χ3n) is 5.13. The van der Waals surface area contributed by atoms with E-state index in [1.807, 2.05) is 0 Å². The van der Waals surface area contributed by atoms with Crippen LogP contribution in [0.3, 0.4) is 0 Å². The third kappa shape index (κ3) is 3.41. The molecule has 3 aromatic carbocycles. The molecule has 0 fully saturated rings. The predicted molar refractivity (Wildman–Crippen MR) is 118 cm³/mol. The molecule has 1 atom stereocenters. The maximum atomic E-state index is 6.57. The summed E-state index contributed by atoms with van der Waals surface area (Å²) < 4.78 is 8.84. The van der Waals surface area contributed by atoms with Crippen LogP contribution in [0.5, 0.6) is 5.75 Å².